The van der Waals surface area contributed by atoms with Gasteiger partial charge >= 0.3 is 24.2 Å². The van der Waals surface area contributed by atoms with Crippen molar-refractivity contribution in [3.05, 3.63) is 47.0 Å². The van der Waals surface area contributed by atoms with Crippen LogP contribution in [-0.4, -0.2) is 46.5 Å². The summed E-state index contributed by atoms with van der Waals surface area (Å²) in [7, 11) is 1.05. The van der Waals surface area contributed by atoms with E-state index < -0.39 is 42.7 Å². The fourth-order valence-corrected chi connectivity index (χ4v) is 3.12. The van der Waals surface area contributed by atoms with E-state index in [0.29, 0.717) is 10.3 Å². The minimum Gasteiger partial charge on any atom is -0.339 e. The third kappa shape index (κ3) is 5.95. The van der Waals surface area contributed by atoms with Crippen LogP contribution in [0.5, 0.6) is 0 Å². The molecule has 0 saturated carbocycles. The number of alkyl halides is 6. The molecule has 6 nitrogen and oxygen atoms in total. The van der Waals surface area contributed by atoms with Gasteiger partial charge in [-0.15, -0.1) is 0 Å². The lowest BCUT2D eigenvalue weighted by atomic mass is 10.0. The molecule has 13 heteroatoms. The molecule has 0 aliphatic heterocycles. The van der Waals surface area contributed by atoms with Crippen molar-refractivity contribution in [2.24, 2.45) is 0 Å². The number of aromatic amines is 1. The summed E-state index contributed by atoms with van der Waals surface area (Å²) in [4.78, 5) is 31.4. The highest BCUT2D eigenvalue weighted by Crippen LogP contribution is 2.39. The van der Waals surface area contributed by atoms with E-state index in [1.165, 1.54) is 18.2 Å². The van der Waals surface area contributed by atoms with Gasteiger partial charge in [0.1, 0.15) is 11.5 Å². The number of rotatable bonds is 4. The summed E-state index contributed by atoms with van der Waals surface area (Å²) < 4.78 is 77.0. The molecule has 0 saturated heterocycles. The number of nitrogens with one attached hydrogen (secondary N) is 2. The number of fused-ring (bicyclic) bond motifs is 1. The molecule has 0 fully saturated rings. The Morgan fingerprint density at radius 1 is 1.09 bits per heavy atom. The number of nitrogens with zero attached hydrogens (tertiary/aromatic N) is 2. The summed E-state index contributed by atoms with van der Waals surface area (Å²) in [5.41, 5.74) is -0.952. The van der Waals surface area contributed by atoms with Crippen LogP contribution in [0, 0.1) is 0 Å². The van der Waals surface area contributed by atoms with Gasteiger partial charge in [-0.25, -0.2) is 4.98 Å². The summed E-state index contributed by atoms with van der Waals surface area (Å²) in [5, 5.41) is 2.66. The van der Waals surface area contributed by atoms with Crippen molar-refractivity contribution >= 4 is 40.3 Å². The van der Waals surface area contributed by atoms with Gasteiger partial charge in [0.05, 0.1) is 12.0 Å². The number of hydrogen-bond acceptors (Lipinski definition) is 3. The number of benzene rings is 1. The molecule has 2 heterocycles. The molecule has 2 aromatic heterocycles. The van der Waals surface area contributed by atoms with Crippen LogP contribution in [0.25, 0.3) is 22.3 Å². The van der Waals surface area contributed by atoms with E-state index in [2.05, 4.69) is 15.3 Å². The Hall–Kier alpha value is -3.28. The van der Waals surface area contributed by atoms with E-state index >= 15 is 0 Å². The summed E-state index contributed by atoms with van der Waals surface area (Å²) in [6.45, 7) is -0.705. The van der Waals surface area contributed by atoms with Crippen LogP contribution in [0.1, 0.15) is 12.0 Å². The highest BCUT2D eigenvalue weighted by molar-refractivity contribution is 6.39. The standard InChI is InChI=1S/C20H15ClF6N4O2/c1-31(7-6-19(22,23)24)18(33)17(32)30-15-5-2-10-8-14(28-16(10)29-15)12-9-11(21)3-4-13(12)20(25,26)27/h2-5,8-9H,6-7H2,1H3,(H2,28,29,30,32). The number of likely N-dealkylation sites (N-methyl/N-ethyl adjacent to an activating group) is 1. The van der Waals surface area contributed by atoms with E-state index in [1.54, 1.807) is 0 Å². The second-order valence-corrected chi connectivity index (χ2v) is 7.49. The van der Waals surface area contributed by atoms with Crippen molar-refractivity contribution in [2.45, 2.75) is 18.8 Å². The van der Waals surface area contributed by atoms with Gasteiger partial charge in [-0.05, 0) is 36.4 Å². The molecule has 0 unspecified atom stereocenters. The van der Waals surface area contributed by atoms with E-state index in [0.717, 1.165) is 25.2 Å². The third-order valence-corrected chi connectivity index (χ3v) is 4.80. The number of halogens is 7. The lowest BCUT2D eigenvalue weighted by Gasteiger charge is -2.17. The molecule has 3 rings (SSSR count). The number of aromatic nitrogens is 2. The van der Waals surface area contributed by atoms with Gasteiger partial charge in [-0.2, -0.15) is 26.3 Å². The van der Waals surface area contributed by atoms with Crippen LogP contribution < -0.4 is 5.32 Å². The Morgan fingerprint density at radius 2 is 1.79 bits per heavy atom. The van der Waals surface area contributed by atoms with Gasteiger partial charge < -0.3 is 15.2 Å². The Morgan fingerprint density at radius 3 is 2.42 bits per heavy atom. The Kier molecular flexibility index (Phi) is 6.59. The molecular weight excluding hydrogens is 478 g/mol. The predicted octanol–water partition coefficient (Wildman–Crippen LogP) is 5.25. The average Bonchev–Trinajstić information content (AvgIpc) is 3.13. The van der Waals surface area contributed by atoms with E-state index in [-0.39, 0.29) is 27.7 Å². The number of H-pyrrole nitrogens is 1. The molecule has 0 aliphatic rings. The molecule has 2 amide bonds. The van der Waals surface area contributed by atoms with Crippen molar-refractivity contribution in [3.63, 3.8) is 0 Å². The maximum Gasteiger partial charge on any atom is 0.417 e. The van der Waals surface area contributed by atoms with Gasteiger partial charge in [0.25, 0.3) is 0 Å². The van der Waals surface area contributed by atoms with Crippen molar-refractivity contribution in [1.29, 1.82) is 0 Å². The summed E-state index contributed by atoms with van der Waals surface area (Å²) >= 11 is 5.86. The smallest absolute Gasteiger partial charge is 0.339 e. The third-order valence-electron chi connectivity index (χ3n) is 4.57. The van der Waals surface area contributed by atoms with Crippen molar-refractivity contribution in [3.8, 4) is 11.3 Å². The zero-order valence-corrected chi connectivity index (χ0v) is 17.5. The van der Waals surface area contributed by atoms with E-state index in [4.69, 9.17) is 11.6 Å². The molecular formula is C20H15ClF6N4O2. The maximum absolute atomic E-state index is 13.4. The number of anilines is 1. The predicted molar refractivity (Wildman–Crippen MR) is 108 cm³/mol. The number of pyridine rings is 1. The molecule has 33 heavy (non-hydrogen) atoms. The topological polar surface area (TPSA) is 78.1 Å². The van der Waals surface area contributed by atoms with Crippen LogP contribution in [-0.2, 0) is 15.8 Å². The molecule has 0 aliphatic carbocycles. The van der Waals surface area contributed by atoms with Gasteiger partial charge in [0.15, 0.2) is 0 Å². The highest BCUT2D eigenvalue weighted by atomic mass is 35.5. The van der Waals surface area contributed by atoms with Crippen LogP contribution in [0.2, 0.25) is 5.02 Å². The van der Waals surface area contributed by atoms with Gasteiger partial charge in [0.2, 0.25) is 0 Å². The largest absolute Gasteiger partial charge is 0.417 e. The summed E-state index contributed by atoms with van der Waals surface area (Å²) in [5.74, 6) is -2.55. The SMILES string of the molecule is CN(CCC(F)(F)F)C(=O)C(=O)Nc1ccc2cc(-c3cc(Cl)ccc3C(F)(F)F)[nH]c2n1. The number of carbonyl (C=O) groups excluding carboxylic acids is 2. The first-order valence-corrected chi connectivity index (χ1v) is 9.62. The van der Waals surface area contributed by atoms with Crippen molar-refractivity contribution in [2.75, 3.05) is 18.9 Å². The minimum atomic E-state index is -4.64. The maximum atomic E-state index is 13.4. The van der Waals surface area contributed by atoms with Gasteiger partial charge in [-0.3, -0.25) is 9.59 Å². The first-order valence-electron chi connectivity index (χ1n) is 9.25. The number of amides is 2. The Balaban J connectivity index is 1.82. The van der Waals surface area contributed by atoms with E-state index in [1.807, 2.05) is 0 Å². The molecule has 3 aromatic rings. The van der Waals surface area contributed by atoms with Crippen molar-refractivity contribution < 1.29 is 35.9 Å². The first-order chi connectivity index (χ1) is 15.2. The van der Waals surface area contributed by atoms with Crippen LogP contribution in [0.4, 0.5) is 32.2 Å². The molecule has 176 valence electrons. The fourth-order valence-electron chi connectivity index (χ4n) is 2.95. The zero-order chi connectivity index (χ0) is 24.6. The quantitative estimate of drug-likeness (QED) is 0.386. The molecule has 0 atom stereocenters. The summed E-state index contributed by atoms with van der Waals surface area (Å²) in [6.07, 6.45) is -10.4. The van der Waals surface area contributed by atoms with Crippen LogP contribution in [0.15, 0.2) is 36.4 Å². The number of carbonyl (C=O) groups is 2. The normalized spacial score (nSPS) is 12.1. The van der Waals surface area contributed by atoms with Crippen molar-refractivity contribution in [1.82, 2.24) is 14.9 Å². The zero-order valence-electron chi connectivity index (χ0n) is 16.7. The molecule has 2 N–H and O–H groups in total. The monoisotopic (exact) mass is 492 g/mol. The lowest BCUT2D eigenvalue weighted by molar-refractivity contribution is -0.149. The van der Waals surface area contributed by atoms with Gasteiger partial charge in [0, 0.05) is 35.3 Å². The molecule has 0 spiro atoms. The molecule has 1 aromatic carbocycles. The van der Waals surface area contributed by atoms with Crippen LogP contribution in [0.3, 0.4) is 0 Å². The highest BCUT2D eigenvalue weighted by Gasteiger charge is 2.34. The second-order valence-electron chi connectivity index (χ2n) is 7.05. The first kappa shape index (κ1) is 24.4. The van der Waals surface area contributed by atoms with E-state index in [9.17, 15) is 35.9 Å². The minimum absolute atomic E-state index is 0.0683. The Labute approximate surface area is 187 Å². The molecule has 0 bridgehead atoms. The van der Waals surface area contributed by atoms with Crippen LogP contribution >= 0.6 is 11.6 Å². The fraction of sp³-hybridized carbons (Fsp3) is 0.250. The average molecular weight is 493 g/mol. The van der Waals surface area contributed by atoms with Gasteiger partial charge in [-0.1, -0.05) is 11.6 Å². The molecule has 0 radical (unpaired) electrons. The lowest BCUT2D eigenvalue weighted by Crippen LogP contribution is -2.38. The Bertz CT molecular complexity index is 1210. The second kappa shape index (κ2) is 8.93. The summed E-state index contributed by atoms with van der Waals surface area (Å²) in [6, 6.07) is 7.25. The number of hydrogen-bond donors (Lipinski definition) is 2.